The molecule has 0 saturated heterocycles. The predicted octanol–water partition coefficient (Wildman–Crippen LogP) is 1.23. The van der Waals surface area contributed by atoms with E-state index in [0.717, 1.165) is 6.54 Å². The second-order valence-electron chi connectivity index (χ2n) is 3.80. The molecule has 0 aromatic carbocycles. The second kappa shape index (κ2) is 4.40. The van der Waals surface area contributed by atoms with Crippen molar-refractivity contribution in [2.45, 2.75) is 30.6 Å². The molecule has 6 heteroatoms. The van der Waals surface area contributed by atoms with Crippen LogP contribution in [0.25, 0.3) is 0 Å². The molecule has 1 aromatic rings. The Hall–Kier alpha value is -0.750. The van der Waals surface area contributed by atoms with Crippen LogP contribution in [0.3, 0.4) is 0 Å². The zero-order valence-corrected chi connectivity index (χ0v) is 9.64. The van der Waals surface area contributed by atoms with E-state index < -0.39 is 0 Å². The average Bonchev–Trinajstić information content (AvgIpc) is 2.65. The van der Waals surface area contributed by atoms with E-state index in [1.165, 1.54) is 19.3 Å². The van der Waals surface area contributed by atoms with Gasteiger partial charge >= 0.3 is 6.01 Å². The van der Waals surface area contributed by atoms with Crippen LogP contribution in [-0.4, -0.2) is 27.7 Å². The number of nitrogens with zero attached hydrogens (tertiary/aromatic N) is 2. The molecule has 1 saturated carbocycles. The summed E-state index contributed by atoms with van der Waals surface area (Å²) in [7, 11) is 0. The first-order chi connectivity index (χ1) is 7.28. The smallest absolute Gasteiger partial charge is 0.315 e. The van der Waals surface area contributed by atoms with Gasteiger partial charge in [0.15, 0.2) is 0 Å². The van der Waals surface area contributed by atoms with Crippen LogP contribution in [0.2, 0.25) is 0 Å². The zero-order chi connectivity index (χ0) is 10.7. The molecule has 3 N–H and O–H groups in total. The molecule has 5 nitrogen and oxygen atoms in total. The second-order valence-corrected chi connectivity index (χ2v) is 5.07. The van der Waals surface area contributed by atoms with E-state index in [4.69, 9.17) is 10.2 Å². The largest absolute Gasteiger partial charge is 0.407 e. The zero-order valence-electron chi connectivity index (χ0n) is 8.82. The van der Waals surface area contributed by atoms with Crippen LogP contribution < -0.4 is 11.1 Å². The van der Waals surface area contributed by atoms with Crippen LogP contribution in [0.4, 0.5) is 6.01 Å². The third-order valence-electron chi connectivity index (χ3n) is 2.90. The van der Waals surface area contributed by atoms with E-state index in [1.807, 2.05) is 11.8 Å². The van der Waals surface area contributed by atoms with Crippen LogP contribution in [0.5, 0.6) is 0 Å². The van der Waals surface area contributed by atoms with Crippen LogP contribution in [-0.2, 0) is 6.54 Å². The van der Waals surface area contributed by atoms with Gasteiger partial charge in [0.25, 0.3) is 0 Å². The summed E-state index contributed by atoms with van der Waals surface area (Å²) in [5.74, 6) is 0.476. The summed E-state index contributed by atoms with van der Waals surface area (Å²) >= 11 is 1.91. The standard InChI is InChI=1S/C9H16N4OS/c1-15-9(3-2-4-9)6-11-8-13-12-7(5-10)14-8/h2-6,10H2,1H3,(H,11,13). The van der Waals surface area contributed by atoms with Gasteiger partial charge in [0, 0.05) is 11.3 Å². The predicted molar refractivity (Wildman–Crippen MR) is 60.8 cm³/mol. The lowest BCUT2D eigenvalue weighted by Gasteiger charge is -2.40. The van der Waals surface area contributed by atoms with Crippen molar-refractivity contribution in [3.05, 3.63) is 5.89 Å². The van der Waals surface area contributed by atoms with E-state index in [9.17, 15) is 0 Å². The Balaban J connectivity index is 1.86. The first-order valence-electron chi connectivity index (χ1n) is 5.09. The highest BCUT2D eigenvalue weighted by Crippen LogP contribution is 2.42. The average molecular weight is 228 g/mol. The Morgan fingerprint density at radius 1 is 1.53 bits per heavy atom. The summed E-state index contributed by atoms with van der Waals surface area (Å²) < 4.78 is 5.65. The molecular formula is C9H16N4OS. The Labute approximate surface area is 93.2 Å². The van der Waals surface area contributed by atoms with Crippen LogP contribution in [0.15, 0.2) is 4.42 Å². The third-order valence-corrected chi connectivity index (χ3v) is 4.32. The highest BCUT2D eigenvalue weighted by Gasteiger charge is 2.36. The van der Waals surface area contributed by atoms with Crippen molar-refractivity contribution >= 4 is 17.8 Å². The summed E-state index contributed by atoms with van der Waals surface area (Å²) in [6, 6.07) is 0.482. The number of anilines is 1. The minimum absolute atomic E-state index is 0.294. The van der Waals surface area contributed by atoms with E-state index in [0.29, 0.717) is 23.2 Å². The molecule has 0 bridgehead atoms. The molecule has 0 atom stereocenters. The molecule has 0 aliphatic heterocycles. The van der Waals surface area contributed by atoms with E-state index in [1.54, 1.807) is 0 Å². The summed E-state index contributed by atoms with van der Waals surface area (Å²) in [5.41, 5.74) is 5.38. The van der Waals surface area contributed by atoms with Gasteiger partial charge in [-0.05, 0) is 19.1 Å². The van der Waals surface area contributed by atoms with Crippen molar-refractivity contribution in [1.29, 1.82) is 0 Å². The molecule has 84 valence electrons. The minimum Gasteiger partial charge on any atom is -0.407 e. The summed E-state index contributed by atoms with van der Waals surface area (Å²) in [6.07, 6.45) is 6.00. The van der Waals surface area contributed by atoms with Crippen LogP contribution in [0, 0.1) is 0 Å². The van der Waals surface area contributed by atoms with Gasteiger partial charge in [-0.3, -0.25) is 0 Å². The van der Waals surface area contributed by atoms with E-state index in [-0.39, 0.29) is 0 Å². The number of thioether (sulfide) groups is 1. The van der Waals surface area contributed by atoms with Gasteiger partial charge < -0.3 is 15.5 Å². The Morgan fingerprint density at radius 3 is 2.80 bits per heavy atom. The van der Waals surface area contributed by atoms with Crippen molar-refractivity contribution < 1.29 is 4.42 Å². The van der Waals surface area contributed by atoms with Gasteiger partial charge in [0.05, 0.1) is 6.54 Å². The molecule has 0 spiro atoms. The summed E-state index contributed by atoms with van der Waals surface area (Å²) in [6.45, 7) is 1.18. The lowest BCUT2D eigenvalue weighted by Crippen LogP contribution is -2.40. The van der Waals surface area contributed by atoms with Gasteiger partial charge in [-0.25, -0.2) is 0 Å². The number of rotatable bonds is 5. The maximum Gasteiger partial charge on any atom is 0.315 e. The van der Waals surface area contributed by atoms with E-state index >= 15 is 0 Å². The lowest BCUT2D eigenvalue weighted by molar-refractivity contribution is 0.376. The molecule has 0 radical (unpaired) electrons. The van der Waals surface area contributed by atoms with Gasteiger partial charge in [0.2, 0.25) is 5.89 Å². The fraction of sp³-hybridized carbons (Fsp3) is 0.778. The van der Waals surface area contributed by atoms with Crippen LogP contribution in [0.1, 0.15) is 25.2 Å². The highest BCUT2D eigenvalue weighted by atomic mass is 32.2. The van der Waals surface area contributed by atoms with Gasteiger partial charge in [-0.15, -0.1) is 5.10 Å². The molecule has 1 aliphatic rings. The molecule has 2 rings (SSSR count). The molecule has 1 fully saturated rings. The Morgan fingerprint density at radius 2 is 2.33 bits per heavy atom. The number of nitrogens with two attached hydrogens (primary N) is 1. The summed E-state index contributed by atoms with van der Waals surface area (Å²) in [4.78, 5) is 0. The molecular weight excluding hydrogens is 212 g/mol. The van der Waals surface area contributed by atoms with Crippen molar-refractivity contribution in [3.63, 3.8) is 0 Å². The van der Waals surface area contributed by atoms with Crippen molar-refractivity contribution in [2.75, 3.05) is 18.1 Å². The van der Waals surface area contributed by atoms with Crippen molar-refractivity contribution in [3.8, 4) is 0 Å². The molecule has 0 amide bonds. The number of nitrogens with one attached hydrogen (secondary N) is 1. The van der Waals surface area contributed by atoms with Crippen molar-refractivity contribution in [1.82, 2.24) is 10.2 Å². The maximum absolute atomic E-state index is 5.38. The molecule has 1 aromatic heterocycles. The SMILES string of the molecule is CSC1(CNc2nnc(CN)o2)CCC1. The molecule has 0 unspecified atom stereocenters. The maximum atomic E-state index is 5.38. The highest BCUT2D eigenvalue weighted by molar-refractivity contribution is 8.00. The van der Waals surface area contributed by atoms with Gasteiger partial charge in [-0.2, -0.15) is 11.8 Å². The lowest BCUT2D eigenvalue weighted by atomic mass is 9.84. The monoisotopic (exact) mass is 228 g/mol. The van der Waals surface area contributed by atoms with Gasteiger partial charge in [0.1, 0.15) is 0 Å². The first kappa shape index (κ1) is 10.8. The normalized spacial score (nSPS) is 18.5. The van der Waals surface area contributed by atoms with Crippen molar-refractivity contribution in [2.24, 2.45) is 5.73 Å². The molecule has 15 heavy (non-hydrogen) atoms. The summed E-state index contributed by atoms with van der Waals surface area (Å²) in [5, 5.41) is 10.8. The Kier molecular flexibility index (Phi) is 3.16. The van der Waals surface area contributed by atoms with Crippen LogP contribution >= 0.6 is 11.8 Å². The number of aromatic nitrogens is 2. The topological polar surface area (TPSA) is 77.0 Å². The van der Waals surface area contributed by atoms with Gasteiger partial charge in [-0.1, -0.05) is 11.5 Å². The Bertz CT molecular complexity index is 318. The minimum atomic E-state index is 0.294. The fourth-order valence-electron chi connectivity index (χ4n) is 1.67. The molecule has 1 aliphatic carbocycles. The quantitative estimate of drug-likeness (QED) is 0.789. The van der Waals surface area contributed by atoms with E-state index in [2.05, 4.69) is 21.8 Å². The third kappa shape index (κ3) is 2.26. The first-order valence-corrected chi connectivity index (χ1v) is 6.32. The fourth-order valence-corrected chi connectivity index (χ4v) is 2.58. The number of hydrogen-bond acceptors (Lipinski definition) is 6. The number of hydrogen-bond donors (Lipinski definition) is 2. The molecule has 1 heterocycles.